The molecule has 3 aliphatic rings. The van der Waals surface area contributed by atoms with Crippen molar-refractivity contribution in [2.75, 3.05) is 14.2 Å². The summed E-state index contributed by atoms with van der Waals surface area (Å²) in [5, 5.41) is 0. The fraction of sp³-hybridized carbons (Fsp3) is 0.562. The molecule has 0 unspecified atom stereocenters. The van der Waals surface area contributed by atoms with Gasteiger partial charge in [0.25, 0.3) is 0 Å². The minimum atomic E-state index is -1.32. The molecule has 118 valence electrons. The van der Waals surface area contributed by atoms with Crippen LogP contribution in [0.2, 0.25) is 0 Å². The Morgan fingerprint density at radius 3 is 2.64 bits per heavy atom. The third-order valence-corrected chi connectivity index (χ3v) is 5.05. The van der Waals surface area contributed by atoms with Crippen molar-refractivity contribution in [3.8, 4) is 0 Å². The number of esters is 2. The number of fused-ring (bicyclic) bond motifs is 1. The Balaban J connectivity index is 2.29. The van der Waals surface area contributed by atoms with Crippen molar-refractivity contribution < 1.29 is 28.6 Å². The Hall–Kier alpha value is -2.11. The molecule has 0 aromatic heterocycles. The smallest absolute Gasteiger partial charge is 0.318 e. The van der Waals surface area contributed by atoms with E-state index >= 15 is 0 Å². The SMILES string of the molecule is COC(=O)[C@@H]1C2=COC=C3CC[C@@H](C(=O)CC2)[C@]31C(=O)OC. The first-order chi connectivity index (χ1) is 10.6. The summed E-state index contributed by atoms with van der Waals surface area (Å²) in [6.45, 7) is 0. The second-order valence-electron chi connectivity index (χ2n) is 5.85. The Kier molecular flexibility index (Phi) is 3.54. The minimum absolute atomic E-state index is 0.00648. The van der Waals surface area contributed by atoms with Crippen LogP contribution < -0.4 is 0 Å². The summed E-state index contributed by atoms with van der Waals surface area (Å²) in [6.07, 6.45) is 4.67. The van der Waals surface area contributed by atoms with Gasteiger partial charge in [0.2, 0.25) is 0 Å². The molecule has 1 aliphatic heterocycles. The van der Waals surface area contributed by atoms with Crippen LogP contribution >= 0.6 is 0 Å². The summed E-state index contributed by atoms with van der Waals surface area (Å²) in [4.78, 5) is 37.8. The Bertz CT molecular complexity index is 602. The number of Topliss-reactive ketones (excluding diaryl/α,β-unsaturated/α-hetero) is 1. The van der Waals surface area contributed by atoms with Gasteiger partial charge in [0, 0.05) is 12.3 Å². The van der Waals surface area contributed by atoms with Crippen LogP contribution in [0.15, 0.2) is 23.7 Å². The Morgan fingerprint density at radius 1 is 1.18 bits per heavy atom. The fourth-order valence-corrected chi connectivity index (χ4v) is 4.14. The maximum Gasteiger partial charge on any atom is 0.318 e. The highest BCUT2D eigenvalue weighted by molar-refractivity contribution is 5.98. The van der Waals surface area contributed by atoms with Crippen LogP contribution in [-0.4, -0.2) is 31.9 Å². The van der Waals surface area contributed by atoms with Crippen molar-refractivity contribution in [1.82, 2.24) is 0 Å². The van der Waals surface area contributed by atoms with Gasteiger partial charge in [0.05, 0.1) is 26.7 Å². The number of carbonyl (C=O) groups is 3. The van der Waals surface area contributed by atoms with E-state index in [0.717, 1.165) is 0 Å². The number of ether oxygens (including phenoxy) is 3. The van der Waals surface area contributed by atoms with Crippen LogP contribution in [0.5, 0.6) is 0 Å². The molecule has 3 atom stereocenters. The van der Waals surface area contributed by atoms with E-state index in [4.69, 9.17) is 14.2 Å². The van der Waals surface area contributed by atoms with Gasteiger partial charge in [-0.1, -0.05) is 0 Å². The van der Waals surface area contributed by atoms with Crippen molar-refractivity contribution in [3.63, 3.8) is 0 Å². The van der Waals surface area contributed by atoms with E-state index in [9.17, 15) is 14.4 Å². The van der Waals surface area contributed by atoms with Crippen molar-refractivity contribution in [3.05, 3.63) is 23.7 Å². The summed E-state index contributed by atoms with van der Waals surface area (Å²) < 4.78 is 15.4. The molecular formula is C16H18O6. The van der Waals surface area contributed by atoms with Crippen LogP contribution in [0.1, 0.15) is 25.7 Å². The van der Waals surface area contributed by atoms with Crippen LogP contribution in [-0.2, 0) is 28.6 Å². The van der Waals surface area contributed by atoms with E-state index in [2.05, 4.69) is 0 Å². The van der Waals surface area contributed by atoms with Gasteiger partial charge >= 0.3 is 11.9 Å². The number of hydrogen-bond donors (Lipinski definition) is 0. The van der Waals surface area contributed by atoms with Crippen LogP contribution in [0.3, 0.4) is 0 Å². The van der Waals surface area contributed by atoms with E-state index in [1.54, 1.807) is 0 Å². The highest BCUT2D eigenvalue weighted by atomic mass is 16.5. The van der Waals surface area contributed by atoms with E-state index in [1.807, 2.05) is 0 Å². The number of hydrogen-bond acceptors (Lipinski definition) is 6. The minimum Gasteiger partial charge on any atom is -0.473 e. The zero-order chi connectivity index (χ0) is 15.9. The van der Waals surface area contributed by atoms with E-state index in [1.165, 1.54) is 26.7 Å². The van der Waals surface area contributed by atoms with Gasteiger partial charge in [-0.2, -0.15) is 0 Å². The number of methoxy groups -OCH3 is 2. The van der Waals surface area contributed by atoms with Crippen LogP contribution in [0.4, 0.5) is 0 Å². The largest absolute Gasteiger partial charge is 0.473 e. The molecule has 3 rings (SSSR count). The summed E-state index contributed by atoms with van der Waals surface area (Å²) in [5.74, 6) is -2.54. The second kappa shape index (κ2) is 5.26. The second-order valence-corrected chi connectivity index (χ2v) is 5.85. The monoisotopic (exact) mass is 306 g/mol. The quantitative estimate of drug-likeness (QED) is 0.719. The molecule has 22 heavy (non-hydrogen) atoms. The van der Waals surface area contributed by atoms with E-state index in [-0.39, 0.29) is 5.78 Å². The number of rotatable bonds is 2. The molecule has 6 heteroatoms. The zero-order valence-electron chi connectivity index (χ0n) is 12.6. The molecule has 2 saturated carbocycles. The van der Waals surface area contributed by atoms with E-state index < -0.39 is 29.2 Å². The molecule has 6 nitrogen and oxygen atoms in total. The highest BCUT2D eigenvalue weighted by Crippen LogP contribution is 2.59. The summed E-state index contributed by atoms with van der Waals surface area (Å²) >= 11 is 0. The molecule has 2 aliphatic carbocycles. The van der Waals surface area contributed by atoms with Gasteiger partial charge in [-0.05, 0) is 30.4 Å². The lowest BCUT2D eigenvalue weighted by atomic mass is 9.64. The third kappa shape index (κ3) is 1.76. The Labute approximate surface area is 128 Å². The maximum absolute atomic E-state index is 12.7. The molecule has 0 saturated heterocycles. The van der Waals surface area contributed by atoms with E-state index in [0.29, 0.717) is 36.8 Å². The molecule has 2 fully saturated rings. The van der Waals surface area contributed by atoms with Gasteiger partial charge in [0.15, 0.2) is 0 Å². The van der Waals surface area contributed by atoms with Crippen molar-refractivity contribution in [2.24, 2.45) is 17.3 Å². The van der Waals surface area contributed by atoms with Gasteiger partial charge in [0.1, 0.15) is 17.1 Å². The first-order valence-electron chi connectivity index (χ1n) is 7.30. The predicted molar refractivity (Wildman–Crippen MR) is 74.2 cm³/mol. The van der Waals surface area contributed by atoms with Crippen LogP contribution in [0, 0.1) is 17.3 Å². The highest BCUT2D eigenvalue weighted by Gasteiger charge is 2.65. The molecule has 0 aromatic rings. The average molecular weight is 306 g/mol. The molecular weight excluding hydrogens is 288 g/mol. The van der Waals surface area contributed by atoms with Crippen LogP contribution in [0.25, 0.3) is 0 Å². The molecule has 0 radical (unpaired) electrons. The lowest BCUT2D eigenvalue weighted by Crippen LogP contribution is -2.49. The lowest BCUT2D eigenvalue weighted by Gasteiger charge is -2.36. The summed E-state index contributed by atoms with van der Waals surface area (Å²) in [7, 11) is 2.56. The number of ketones is 1. The van der Waals surface area contributed by atoms with Gasteiger partial charge < -0.3 is 14.2 Å². The first kappa shape index (κ1) is 14.8. The van der Waals surface area contributed by atoms with Crippen molar-refractivity contribution in [1.29, 1.82) is 0 Å². The van der Waals surface area contributed by atoms with Gasteiger partial charge in [-0.25, -0.2) is 0 Å². The summed E-state index contributed by atoms with van der Waals surface area (Å²) in [6, 6.07) is 0. The van der Waals surface area contributed by atoms with Gasteiger partial charge in [-0.15, -0.1) is 0 Å². The molecule has 0 aromatic carbocycles. The normalized spacial score (nSPS) is 32.9. The zero-order valence-corrected chi connectivity index (χ0v) is 12.6. The van der Waals surface area contributed by atoms with Crippen molar-refractivity contribution >= 4 is 17.7 Å². The lowest BCUT2D eigenvalue weighted by molar-refractivity contribution is -0.165. The van der Waals surface area contributed by atoms with Gasteiger partial charge in [-0.3, -0.25) is 14.4 Å². The maximum atomic E-state index is 12.7. The molecule has 0 amide bonds. The van der Waals surface area contributed by atoms with Crippen molar-refractivity contribution in [2.45, 2.75) is 25.7 Å². The standard InChI is InChI=1S/C16H18O6/c1-20-14(18)13-9-3-6-12(17)11-5-4-10(8-22-7-9)16(11,13)15(19)21-2/h7-8,11,13H,3-6H2,1-2H3/t11-,13-,16+/m0/s1. The predicted octanol–water partition coefficient (Wildman–Crippen LogP) is 1.51. The molecule has 0 N–H and O–H groups in total. The Morgan fingerprint density at radius 2 is 1.95 bits per heavy atom. The average Bonchev–Trinajstić information content (AvgIpc) is 2.74. The summed E-state index contributed by atoms with van der Waals surface area (Å²) in [5.41, 5.74) is -0.0694. The fourth-order valence-electron chi connectivity index (χ4n) is 4.14. The third-order valence-electron chi connectivity index (χ3n) is 5.05. The topological polar surface area (TPSA) is 78.9 Å². The molecule has 2 bridgehead atoms. The molecule has 1 heterocycles. The first-order valence-corrected chi connectivity index (χ1v) is 7.30. The molecule has 0 spiro atoms. The number of carbonyl (C=O) groups excluding carboxylic acids is 3.